The monoisotopic (exact) mass is 546 g/mol. The number of nitrogens with zero attached hydrogens (tertiary/aromatic N) is 1. The molecule has 0 aliphatic carbocycles. The number of benzene rings is 2. The van der Waals surface area contributed by atoms with Gasteiger partial charge >= 0.3 is 0 Å². The molecule has 0 saturated carbocycles. The normalized spacial score (nSPS) is 17.9. The van der Waals surface area contributed by atoms with Crippen LogP contribution in [-0.4, -0.2) is 44.6 Å². The zero-order valence-electron chi connectivity index (χ0n) is 19.5. The number of para-hydroxylation sites is 1. The Morgan fingerprint density at radius 3 is 2.57 bits per heavy atom. The van der Waals surface area contributed by atoms with Gasteiger partial charge in [-0.1, -0.05) is 41.4 Å². The molecule has 2 heterocycles. The van der Waals surface area contributed by atoms with E-state index in [1.165, 1.54) is 12.1 Å². The molecule has 1 fully saturated rings. The summed E-state index contributed by atoms with van der Waals surface area (Å²) >= 11 is 12.1. The number of alkyl halides is 2. The highest BCUT2D eigenvalue weighted by Crippen LogP contribution is 2.41. The summed E-state index contributed by atoms with van der Waals surface area (Å²) in [6.45, 7) is 2.27. The van der Waals surface area contributed by atoms with Crippen LogP contribution in [0.4, 0.5) is 14.5 Å². The fourth-order valence-electron chi connectivity index (χ4n) is 4.86. The lowest BCUT2D eigenvalue weighted by molar-refractivity contribution is -0.0167. The van der Waals surface area contributed by atoms with Gasteiger partial charge < -0.3 is 15.6 Å². The molecule has 1 aliphatic rings. The number of anilines is 1. The van der Waals surface area contributed by atoms with Crippen LogP contribution in [0.25, 0.3) is 10.9 Å². The molecule has 0 radical (unpaired) electrons. The van der Waals surface area contributed by atoms with Crippen LogP contribution in [0.5, 0.6) is 0 Å². The van der Waals surface area contributed by atoms with Crippen molar-refractivity contribution in [1.82, 2.24) is 14.6 Å². The van der Waals surface area contributed by atoms with Gasteiger partial charge in [0.2, 0.25) is 0 Å². The molecule has 0 bridgehead atoms. The molecular formula is C24H30Cl2F2N4O2S. The summed E-state index contributed by atoms with van der Waals surface area (Å²) in [6, 6.07) is 8.45. The van der Waals surface area contributed by atoms with Crippen LogP contribution < -0.4 is 15.8 Å². The van der Waals surface area contributed by atoms with Crippen LogP contribution >= 0.6 is 23.2 Å². The largest absolute Gasteiger partial charge is 0.397 e. The zero-order chi connectivity index (χ0) is 25.6. The van der Waals surface area contributed by atoms with Crippen molar-refractivity contribution in [3.05, 3.63) is 58.2 Å². The van der Waals surface area contributed by atoms with Crippen LogP contribution in [0.15, 0.2) is 47.5 Å². The smallest absolute Gasteiger partial charge is 0.263 e. The number of fused-ring (bicyclic) bond motifs is 1. The first-order valence-electron chi connectivity index (χ1n) is 11.3. The number of hydrogen-bond acceptors (Lipinski definition) is 3. The molecule has 1 saturated heterocycles. The summed E-state index contributed by atoms with van der Waals surface area (Å²) in [5.41, 5.74) is 7.68. The molecule has 1 atom stereocenters. The van der Waals surface area contributed by atoms with E-state index < -0.39 is 21.5 Å². The molecule has 1 aliphatic heterocycles. The molecule has 3 aromatic rings. The Kier molecular flexibility index (Phi) is 6.98. The molecule has 2 aromatic carbocycles. The van der Waals surface area contributed by atoms with E-state index in [4.69, 9.17) is 28.9 Å². The van der Waals surface area contributed by atoms with Crippen molar-refractivity contribution < 1.29 is 17.5 Å². The first kappa shape index (κ1) is 26.3. The van der Waals surface area contributed by atoms with Gasteiger partial charge in [0.1, 0.15) is 10.9 Å². The first-order chi connectivity index (χ1) is 16.2. The maximum atomic E-state index is 14.9. The topological polar surface area (TPSA) is 92.3 Å². The Labute approximate surface area is 213 Å². The molecule has 35 heavy (non-hydrogen) atoms. The fourth-order valence-corrected chi connectivity index (χ4v) is 8.12. The summed E-state index contributed by atoms with van der Waals surface area (Å²) in [7, 11) is -5.12. The van der Waals surface area contributed by atoms with E-state index in [-0.39, 0.29) is 27.2 Å². The minimum Gasteiger partial charge on any atom is -0.397 e. The molecule has 1 aromatic heterocycles. The number of nitrogen functional groups attached to an aromatic ring is 1. The van der Waals surface area contributed by atoms with Gasteiger partial charge in [-0.2, -0.15) is 4.21 Å². The summed E-state index contributed by atoms with van der Waals surface area (Å²) in [6.07, 6.45) is 4.75. The third-order valence-corrected chi connectivity index (χ3v) is 9.41. The highest BCUT2D eigenvalue weighted by Gasteiger charge is 2.42. The second-order valence-electron chi connectivity index (χ2n) is 9.49. The molecule has 5 N–H and O–H groups in total. The molecule has 192 valence electrons. The number of rotatable bonds is 7. The average molecular weight is 547 g/mol. The maximum absolute atomic E-state index is 14.9. The second-order valence-corrected chi connectivity index (χ2v) is 13.5. The standard InChI is InChI=1S/C24H30Cl2F2N4O2S/c1-24(27,28)22(31-35(2,33,34)23-19(26)11-16(25)12-20(23)29)14-32-13-18(15-7-9-30-10-8-15)17-5-3-4-6-21(17)32/h3-6,11-13,15,22,30H,7-10,14,29H2,1-2H3,(H2,31,33,34). The number of nitrogens with one attached hydrogen (secondary N) is 2. The Balaban J connectivity index is 1.74. The van der Waals surface area contributed by atoms with E-state index in [2.05, 4.69) is 10.0 Å². The number of hydrogen-bond donors (Lipinski definition) is 4. The van der Waals surface area contributed by atoms with Gasteiger partial charge in [0, 0.05) is 41.8 Å². The predicted molar refractivity (Wildman–Crippen MR) is 140 cm³/mol. The van der Waals surface area contributed by atoms with Gasteiger partial charge in [0.15, 0.2) is 0 Å². The molecule has 0 amide bonds. The third-order valence-electron chi connectivity index (χ3n) is 6.53. The first-order valence-corrected chi connectivity index (χ1v) is 14.4. The van der Waals surface area contributed by atoms with Crippen molar-refractivity contribution in [1.29, 1.82) is 0 Å². The molecule has 11 heteroatoms. The Hall–Kier alpha value is -1.75. The van der Waals surface area contributed by atoms with Gasteiger partial charge in [-0.15, -0.1) is 9.53 Å². The van der Waals surface area contributed by atoms with E-state index in [1.54, 1.807) is 4.57 Å². The van der Waals surface area contributed by atoms with Gasteiger partial charge in [-0.05, 0) is 55.6 Å². The van der Waals surface area contributed by atoms with Crippen molar-refractivity contribution in [2.45, 2.75) is 49.1 Å². The number of halogens is 4. The number of nitrogens with two attached hydrogens (primary N) is 1. The molecular weight excluding hydrogens is 517 g/mol. The lowest BCUT2D eigenvalue weighted by Crippen LogP contribution is -2.58. The molecule has 0 spiro atoms. The van der Waals surface area contributed by atoms with Gasteiger partial charge in [0.05, 0.1) is 10.7 Å². The molecule has 4 rings (SSSR count). The minimum absolute atomic E-state index is 0.158. The maximum Gasteiger partial charge on any atom is 0.263 e. The van der Waals surface area contributed by atoms with E-state index in [9.17, 15) is 17.5 Å². The Morgan fingerprint density at radius 2 is 1.94 bits per heavy atom. The van der Waals surface area contributed by atoms with Crippen LogP contribution in [-0.2, 0) is 16.1 Å². The number of aromatic nitrogens is 1. The summed E-state index contributed by atoms with van der Waals surface area (Å²) in [4.78, 5) is -0.352. The van der Waals surface area contributed by atoms with E-state index in [0.29, 0.717) is 5.92 Å². The van der Waals surface area contributed by atoms with Crippen molar-refractivity contribution >= 4 is 49.3 Å². The van der Waals surface area contributed by atoms with Gasteiger partial charge in [-0.25, -0.2) is 13.5 Å². The Bertz CT molecular complexity index is 1290. The van der Waals surface area contributed by atoms with Crippen LogP contribution in [0.2, 0.25) is 10.0 Å². The third kappa shape index (κ3) is 5.50. The van der Waals surface area contributed by atoms with Crippen LogP contribution in [0.1, 0.15) is 31.2 Å². The average Bonchev–Trinajstić information content (AvgIpc) is 3.10. The van der Waals surface area contributed by atoms with Crippen LogP contribution in [0, 0.1) is 0 Å². The van der Waals surface area contributed by atoms with E-state index in [0.717, 1.165) is 55.6 Å². The lowest BCUT2D eigenvalue weighted by atomic mass is 9.90. The summed E-state index contributed by atoms with van der Waals surface area (Å²) < 4.78 is 58.9. The highest BCUT2D eigenvalue weighted by molar-refractivity contribution is 8.13. The van der Waals surface area contributed by atoms with Gasteiger partial charge in [-0.3, -0.25) is 4.55 Å². The van der Waals surface area contributed by atoms with Crippen molar-refractivity contribution in [3.8, 4) is 0 Å². The second kappa shape index (κ2) is 9.28. The summed E-state index contributed by atoms with van der Waals surface area (Å²) in [5, 5.41) is 4.34. The van der Waals surface area contributed by atoms with E-state index >= 15 is 0 Å². The zero-order valence-corrected chi connectivity index (χ0v) is 21.9. The van der Waals surface area contributed by atoms with Crippen molar-refractivity contribution in [2.75, 3.05) is 25.1 Å². The van der Waals surface area contributed by atoms with E-state index in [1.807, 2.05) is 30.5 Å². The highest BCUT2D eigenvalue weighted by atomic mass is 35.5. The fraction of sp³-hybridized carbons (Fsp3) is 0.417. The van der Waals surface area contributed by atoms with Crippen molar-refractivity contribution in [3.63, 3.8) is 0 Å². The lowest BCUT2D eigenvalue weighted by Gasteiger charge is -2.45. The van der Waals surface area contributed by atoms with Crippen molar-refractivity contribution in [2.24, 2.45) is 0 Å². The molecule has 6 nitrogen and oxygen atoms in total. The Morgan fingerprint density at radius 1 is 1.29 bits per heavy atom. The SMILES string of the molecule is CC(F)(F)C(Cn1cc(C2CCNCC2)c2ccccc21)NS(C)(=O)(O)c1c(N)cc(Cl)cc1Cl. The number of piperidine rings is 1. The molecule has 1 unspecified atom stereocenters. The summed E-state index contributed by atoms with van der Waals surface area (Å²) in [5.74, 6) is -3.04. The minimum atomic E-state index is -5.12. The van der Waals surface area contributed by atoms with Crippen LogP contribution in [0.3, 0.4) is 0 Å². The quantitative estimate of drug-likeness (QED) is 0.294. The predicted octanol–water partition coefficient (Wildman–Crippen LogP) is 5.51. The van der Waals surface area contributed by atoms with Gasteiger partial charge in [0.25, 0.3) is 5.92 Å².